The molecule has 0 aliphatic carbocycles. The summed E-state index contributed by atoms with van der Waals surface area (Å²) in [6.07, 6.45) is 1.25. The number of aliphatic imine (C=N–C) groups is 1. The van der Waals surface area contributed by atoms with Crippen molar-refractivity contribution in [1.29, 1.82) is 0 Å². The molecule has 2 rings (SSSR count). The average molecular weight is 524 g/mol. The first-order chi connectivity index (χ1) is 12.9. The van der Waals surface area contributed by atoms with Crippen LogP contribution in [0.15, 0.2) is 29.3 Å². The summed E-state index contributed by atoms with van der Waals surface area (Å²) in [7, 11) is -3.01. The van der Waals surface area contributed by atoms with Crippen LogP contribution in [-0.4, -0.2) is 71.0 Å². The van der Waals surface area contributed by atoms with Gasteiger partial charge in [0.2, 0.25) is 0 Å². The molecule has 1 aliphatic heterocycles. The van der Waals surface area contributed by atoms with E-state index in [2.05, 4.69) is 27.4 Å². The van der Waals surface area contributed by atoms with Crippen molar-refractivity contribution in [3.05, 3.63) is 35.4 Å². The molecule has 1 atom stereocenters. The van der Waals surface area contributed by atoms with Crippen LogP contribution in [0, 0.1) is 0 Å². The van der Waals surface area contributed by atoms with E-state index in [-0.39, 0.29) is 29.7 Å². The number of rotatable bonds is 8. The molecule has 1 unspecified atom stereocenters. The number of guanidine groups is 1. The number of halogens is 1. The van der Waals surface area contributed by atoms with Crippen molar-refractivity contribution >= 4 is 39.8 Å². The molecule has 1 aromatic carbocycles. The predicted molar refractivity (Wildman–Crippen MR) is 125 cm³/mol. The lowest BCUT2D eigenvalue weighted by Gasteiger charge is -2.32. The van der Waals surface area contributed by atoms with Crippen LogP contribution >= 0.6 is 24.0 Å². The van der Waals surface area contributed by atoms with Gasteiger partial charge in [-0.15, -0.1) is 24.0 Å². The van der Waals surface area contributed by atoms with E-state index in [1.807, 2.05) is 31.2 Å². The molecular formula is C19H33IN4O3S. The quantitative estimate of drug-likeness (QED) is 0.306. The molecule has 160 valence electrons. The van der Waals surface area contributed by atoms with Crippen LogP contribution in [0.3, 0.4) is 0 Å². The molecule has 1 aromatic rings. The molecule has 0 spiro atoms. The van der Waals surface area contributed by atoms with E-state index in [4.69, 9.17) is 4.74 Å². The van der Waals surface area contributed by atoms with Crippen molar-refractivity contribution < 1.29 is 13.2 Å². The summed E-state index contributed by atoms with van der Waals surface area (Å²) < 4.78 is 28.1. The molecule has 0 saturated carbocycles. The van der Waals surface area contributed by atoms with Crippen LogP contribution in [0.2, 0.25) is 0 Å². The van der Waals surface area contributed by atoms with E-state index in [1.54, 1.807) is 0 Å². The second-order valence-electron chi connectivity index (χ2n) is 6.96. The summed E-state index contributed by atoms with van der Waals surface area (Å²) in [5, 5.41) is 6.68. The van der Waals surface area contributed by atoms with Crippen molar-refractivity contribution in [3.8, 4) is 0 Å². The Hall–Kier alpha value is -0.910. The van der Waals surface area contributed by atoms with Gasteiger partial charge in [-0.05, 0) is 25.0 Å². The number of nitrogens with one attached hydrogen (secondary N) is 2. The van der Waals surface area contributed by atoms with Crippen LogP contribution in [0.25, 0.3) is 0 Å². The summed E-state index contributed by atoms with van der Waals surface area (Å²) in [5.41, 5.74) is 1.85. The first kappa shape index (κ1) is 25.1. The smallest absolute Gasteiger partial charge is 0.191 e. The maximum absolute atomic E-state index is 11.4. The molecular weight excluding hydrogens is 491 g/mol. The van der Waals surface area contributed by atoms with Gasteiger partial charge in [-0.3, -0.25) is 4.90 Å². The first-order valence-corrected chi connectivity index (χ1v) is 11.5. The Balaban J connectivity index is 0.00000392. The van der Waals surface area contributed by atoms with Crippen molar-refractivity contribution in [1.82, 2.24) is 15.5 Å². The lowest BCUT2D eigenvalue weighted by molar-refractivity contribution is 0.0211. The molecule has 28 heavy (non-hydrogen) atoms. The lowest BCUT2D eigenvalue weighted by atomic mass is 10.1. The zero-order chi connectivity index (χ0) is 19.7. The number of hydrogen-bond donors (Lipinski definition) is 2. The van der Waals surface area contributed by atoms with Crippen molar-refractivity contribution in [2.45, 2.75) is 32.2 Å². The van der Waals surface area contributed by atoms with E-state index >= 15 is 0 Å². The highest BCUT2D eigenvalue weighted by Gasteiger charge is 2.16. The SMILES string of the molecule is CCNC(=NCc1ccc(CS(C)(=O)=O)cc1)NCC(C)N1CCOCC1.I. The number of hydrogen-bond acceptors (Lipinski definition) is 5. The van der Waals surface area contributed by atoms with Gasteiger partial charge in [0.05, 0.1) is 25.5 Å². The Morgan fingerprint density at radius 2 is 1.79 bits per heavy atom. The molecule has 1 heterocycles. The maximum Gasteiger partial charge on any atom is 0.191 e. The number of morpholine rings is 1. The van der Waals surface area contributed by atoms with Crippen molar-refractivity contribution in [2.24, 2.45) is 4.99 Å². The molecule has 0 bridgehead atoms. The molecule has 0 aromatic heterocycles. The van der Waals surface area contributed by atoms with E-state index < -0.39 is 9.84 Å². The van der Waals surface area contributed by atoms with E-state index in [0.717, 1.165) is 56.5 Å². The van der Waals surface area contributed by atoms with E-state index in [9.17, 15) is 8.42 Å². The fraction of sp³-hybridized carbons (Fsp3) is 0.632. The number of sulfone groups is 1. The molecule has 1 saturated heterocycles. The summed E-state index contributed by atoms with van der Waals surface area (Å²) in [6, 6.07) is 7.99. The Morgan fingerprint density at radius 3 is 2.36 bits per heavy atom. The minimum absolute atomic E-state index is 0. The fourth-order valence-electron chi connectivity index (χ4n) is 2.95. The third kappa shape index (κ3) is 9.53. The first-order valence-electron chi connectivity index (χ1n) is 9.47. The van der Waals surface area contributed by atoms with Crippen molar-refractivity contribution in [2.75, 3.05) is 45.6 Å². The van der Waals surface area contributed by atoms with Gasteiger partial charge in [0, 0.05) is 38.5 Å². The summed E-state index contributed by atoms with van der Waals surface area (Å²) in [6.45, 7) is 9.95. The Kier molecular flexibility index (Phi) is 11.3. The molecule has 1 fully saturated rings. The minimum atomic E-state index is -3.01. The van der Waals surface area contributed by atoms with Crippen LogP contribution in [0.4, 0.5) is 0 Å². The van der Waals surface area contributed by atoms with Crippen LogP contribution < -0.4 is 10.6 Å². The van der Waals surface area contributed by atoms with E-state index in [1.165, 1.54) is 6.26 Å². The average Bonchev–Trinajstić information content (AvgIpc) is 2.64. The van der Waals surface area contributed by atoms with Crippen LogP contribution in [0.1, 0.15) is 25.0 Å². The summed E-state index contributed by atoms with van der Waals surface area (Å²) in [4.78, 5) is 7.06. The third-order valence-corrected chi connectivity index (χ3v) is 5.31. The standard InChI is InChI=1S/C19H32N4O3S.HI/c1-4-20-19(21-13-16(2)23-9-11-26-12-10-23)22-14-17-5-7-18(8-6-17)15-27(3,24)25;/h5-8,16H,4,9-15H2,1-3H3,(H2,20,21,22);1H. The maximum atomic E-state index is 11.4. The predicted octanol–water partition coefficient (Wildman–Crippen LogP) is 1.62. The molecule has 0 radical (unpaired) electrons. The van der Waals surface area contributed by atoms with Gasteiger partial charge in [-0.2, -0.15) is 0 Å². The number of ether oxygens (including phenoxy) is 1. The normalized spacial score (nSPS) is 16.9. The zero-order valence-corrected chi connectivity index (χ0v) is 20.1. The van der Waals surface area contributed by atoms with Gasteiger partial charge in [0.15, 0.2) is 15.8 Å². The highest BCUT2D eigenvalue weighted by Crippen LogP contribution is 2.09. The second-order valence-corrected chi connectivity index (χ2v) is 9.10. The van der Waals surface area contributed by atoms with Gasteiger partial charge in [-0.25, -0.2) is 13.4 Å². The van der Waals surface area contributed by atoms with Gasteiger partial charge in [0.25, 0.3) is 0 Å². The number of nitrogens with zero attached hydrogens (tertiary/aromatic N) is 2. The molecule has 0 amide bonds. The van der Waals surface area contributed by atoms with Gasteiger partial charge in [0.1, 0.15) is 0 Å². The Bertz CT molecular complexity index is 704. The minimum Gasteiger partial charge on any atom is -0.379 e. The lowest BCUT2D eigenvalue weighted by Crippen LogP contribution is -2.49. The van der Waals surface area contributed by atoms with Crippen LogP contribution in [-0.2, 0) is 26.9 Å². The van der Waals surface area contributed by atoms with Gasteiger partial charge in [-0.1, -0.05) is 24.3 Å². The highest BCUT2D eigenvalue weighted by atomic mass is 127. The zero-order valence-electron chi connectivity index (χ0n) is 17.0. The topological polar surface area (TPSA) is 83.0 Å². The molecule has 7 nitrogen and oxygen atoms in total. The van der Waals surface area contributed by atoms with E-state index in [0.29, 0.717) is 12.6 Å². The second kappa shape index (κ2) is 12.6. The third-order valence-electron chi connectivity index (χ3n) is 4.45. The van der Waals surface area contributed by atoms with Gasteiger partial charge < -0.3 is 15.4 Å². The highest BCUT2D eigenvalue weighted by molar-refractivity contribution is 14.0. The summed E-state index contributed by atoms with van der Waals surface area (Å²) >= 11 is 0. The Morgan fingerprint density at radius 1 is 1.18 bits per heavy atom. The largest absolute Gasteiger partial charge is 0.379 e. The summed E-state index contributed by atoms with van der Waals surface area (Å²) in [5.74, 6) is 0.859. The monoisotopic (exact) mass is 524 g/mol. The molecule has 9 heteroatoms. The molecule has 1 aliphatic rings. The van der Waals surface area contributed by atoms with Crippen molar-refractivity contribution in [3.63, 3.8) is 0 Å². The van der Waals surface area contributed by atoms with Gasteiger partial charge >= 0.3 is 0 Å². The van der Waals surface area contributed by atoms with Crippen LogP contribution in [0.5, 0.6) is 0 Å². The molecule has 2 N–H and O–H groups in total. The number of benzene rings is 1. The Labute approximate surface area is 186 Å². The fourth-order valence-corrected chi connectivity index (χ4v) is 3.75.